The summed E-state index contributed by atoms with van der Waals surface area (Å²) >= 11 is 0. The van der Waals surface area contributed by atoms with Gasteiger partial charge < -0.3 is 4.90 Å². The molecule has 3 aromatic carbocycles. The summed E-state index contributed by atoms with van der Waals surface area (Å²) in [6, 6.07) is 24.9. The van der Waals surface area contributed by atoms with E-state index in [9.17, 15) is 9.59 Å². The number of nitrogens with zero attached hydrogens (tertiary/aromatic N) is 3. The van der Waals surface area contributed by atoms with Crippen LogP contribution in [0.2, 0.25) is 0 Å². The van der Waals surface area contributed by atoms with Crippen molar-refractivity contribution in [2.24, 2.45) is 0 Å². The molecule has 2 heterocycles. The standard InChI is InChI=1S/C25H21N3O2/c1-17-15-19-11-5-8-14-22(19)28(17)25(30)23-20-12-6-7-13-21(20)24(29)27(26-23)16-18-9-3-2-4-10-18/h2-14,17H,15-16H2,1H3. The zero-order chi connectivity index (χ0) is 20.7. The lowest BCUT2D eigenvalue weighted by Gasteiger charge is -2.23. The molecule has 5 heteroatoms. The summed E-state index contributed by atoms with van der Waals surface area (Å²) in [5.41, 5.74) is 3.15. The average Bonchev–Trinajstić information content (AvgIpc) is 3.11. The molecule has 5 rings (SSSR count). The number of para-hydroxylation sites is 1. The molecule has 1 unspecified atom stereocenters. The average molecular weight is 395 g/mol. The Morgan fingerprint density at radius 3 is 2.40 bits per heavy atom. The lowest BCUT2D eigenvalue weighted by Crippen LogP contribution is -2.38. The van der Waals surface area contributed by atoms with Gasteiger partial charge in [0.1, 0.15) is 0 Å². The second kappa shape index (κ2) is 7.26. The van der Waals surface area contributed by atoms with E-state index in [-0.39, 0.29) is 17.5 Å². The Morgan fingerprint density at radius 1 is 0.933 bits per heavy atom. The van der Waals surface area contributed by atoms with E-state index in [1.54, 1.807) is 17.0 Å². The molecule has 4 aromatic rings. The van der Waals surface area contributed by atoms with Crippen LogP contribution in [0.4, 0.5) is 5.69 Å². The number of hydrogen-bond donors (Lipinski definition) is 0. The van der Waals surface area contributed by atoms with E-state index in [4.69, 9.17) is 0 Å². The van der Waals surface area contributed by atoms with E-state index in [0.717, 1.165) is 23.2 Å². The molecule has 0 saturated carbocycles. The number of hydrogen-bond acceptors (Lipinski definition) is 3. The topological polar surface area (TPSA) is 55.2 Å². The summed E-state index contributed by atoms with van der Waals surface area (Å²) in [4.78, 5) is 28.6. The fourth-order valence-corrected chi connectivity index (χ4v) is 4.25. The van der Waals surface area contributed by atoms with Crippen molar-refractivity contribution in [1.29, 1.82) is 0 Å². The van der Waals surface area contributed by atoms with Crippen LogP contribution in [0.15, 0.2) is 83.7 Å². The Hall–Kier alpha value is -3.73. The monoisotopic (exact) mass is 395 g/mol. The fourth-order valence-electron chi connectivity index (χ4n) is 4.25. The van der Waals surface area contributed by atoms with Crippen LogP contribution in [-0.4, -0.2) is 21.7 Å². The van der Waals surface area contributed by atoms with E-state index in [0.29, 0.717) is 23.0 Å². The molecule has 0 radical (unpaired) electrons. The summed E-state index contributed by atoms with van der Waals surface area (Å²) in [5, 5.41) is 5.66. The van der Waals surface area contributed by atoms with Crippen molar-refractivity contribution in [1.82, 2.24) is 9.78 Å². The Bertz CT molecular complexity index is 1310. The molecular weight excluding hydrogens is 374 g/mol. The molecule has 0 bridgehead atoms. The van der Waals surface area contributed by atoms with E-state index in [2.05, 4.69) is 11.2 Å². The number of carbonyl (C=O) groups is 1. The van der Waals surface area contributed by atoms with Crippen LogP contribution >= 0.6 is 0 Å². The molecule has 0 spiro atoms. The number of benzene rings is 3. The quantitative estimate of drug-likeness (QED) is 0.526. The van der Waals surface area contributed by atoms with Crippen LogP contribution in [0.5, 0.6) is 0 Å². The predicted molar refractivity (Wildman–Crippen MR) is 118 cm³/mol. The normalized spacial score (nSPS) is 15.4. The third-order valence-corrected chi connectivity index (χ3v) is 5.67. The maximum Gasteiger partial charge on any atom is 0.279 e. The first-order chi connectivity index (χ1) is 14.6. The molecule has 1 aromatic heterocycles. The molecule has 0 aliphatic carbocycles. The van der Waals surface area contributed by atoms with Gasteiger partial charge in [-0.15, -0.1) is 0 Å². The van der Waals surface area contributed by atoms with Crippen molar-refractivity contribution in [3.05, 3.63) is 106 Å². The Labute approximate surface area is 174 Å². The summed E-state index contributed by atoms with van der Waals surface area (Å²) in [5.74, 6) is -0.175. The van der Waals surface area contributed by atoms with E-state index in [1.807, 2.05) is 67.6 Å². The van der Waals surface area contributed by atoms with Gasteiger partial charge in [0.25, 0.3) is 11.5 Å². The molecule has 1 atom stereocenters. The molecule has 0 saturated heterocycles. The zero-order valence-corrected chi connectivity index (χ0v) is 16.7. The van der Waals surface area contributed by atoms with Crippen LogP contribution in [0.1, 0.15) is 28.5 Å². The Morgan fingerprint density at radius 2 is 1.60 bits per heavy atom. The van der Waals surface area contributed by atoms with Crippen molar-refractivity contribution < 1.29 is 4.79 Å². The predicted octanol–water partition coefficient (Wildman–Crippen LogP) is 4.04. The highest BCUT2D eigenvalue weighted by atomic mass is 16.2. The van der Waals surface area contributed by atoms with Gasteiger partial charge in [-0.25, -0.2) is 4.68 Å². The summed E-state index contributed by atoms with van der Waals surface area (Å²) in [6.07, 6.45) is 0.809. The highest BCUT2D eigenvalue weighted by Crippen LogP contribution is 2.33. The SMILES string of the molecule is CC1Cc2ccccc2N1C(=O)c1nn(Cc2ccccc2)c(=O)c2ccccc12. The second-order valence-electron chi connectivity index (χ2n) is 7.70. The number of aromatic nitrogens is 2. The number of anilines is 1. The zero-order valence-electron chi connectivity index (χ0n) is 16.7. The molecule has 1 amide bonds. The smallest absolute Gasteiger partial charge is 0.279 e. The van der Waals surface area contributed by atoms with Gasteiger partial charge >= 0.3 is 0 Å². The fraction of sp³-hybridized carbons (Fsp3) is 0.160. The Balaban J connectivity index is 1.66. The number of carbonyl (C=O) groups excluding carboxylic acids is 1. The largest absolute Gasteiger partial charge is 0.304 e. The Kier molecular flexibility index (Phi) is 4.43. The molecule has 1 aliphatic rings. The highest BCUT2D eigenvalue weighted by Gasteiger charge is 2.33. The van der Waals surface area contributed by atoms with Crippen LogP contribution < -0.4 is 10.5 Å². The summed E-state index contributed by atoms with van der Waals surface area (Å²) in [6.45, 7) is 2.36. The number of rotatable bonds is 3. The molecule has 148 valence electrons. The van der Waals surface area contributed by atoms with Gasteiger partial charge in [0.15, 0.2) is 5.69 Å². The van der Waals surface area contributed by atoms with Crippen molar-refractivity contribution in [2.75, 3.05) is 4.90 Å². The van der Waals surface area contributed by atoms with Crippen LogP contribution in [0.25, 0.3) is 10.8 Å². The van der Waals surface area contributed by atoms with Crippen molar-refractivity contribution in [3.8, 4) is 0 Å². The van der Waals surface area contributed by atoms with E-state index < -0.39 is 0 Å². The van der Waals surface area contributed by atoms with Crippen LogP contribution in [0.3, 0.4) is 0 Å². The van der Waals surface area contributed by atoms with Gasteiger partial charge in [0, 0.05) is 17.1 Å². The molecule has 30 heavy (non-hydrogen) atoms. The molecule has 5 nitrogen and oxygen atoms in total. The lowest BCUT2D eigenvalue weighted by molar-refractivity contribution is 0.0976. The summed E-state index contributed by atoms with van der Waals surface area (Å²) < 4.78 is 1.40. The highest BCUT2D eigenvalue weighted by molar-refractivity contribution is 6.13. The lowest BCUT2D eigenvalue weighted by atomic mass is 10.1. The second-order valence-corrected chi connectivity index (χ2v) is 7.70. The number of amides is 1. The first-order valence-electron chi connectivity index (χ1n) is 10.1. The maximum absolute atomic E-state index is 13.7. The van der Waals surface area contributed by atoms with Gasteiger partial charge in [0.2, 0.25) is 0 Å². The first kappa shape index (κ1) is 18.3. The van der Waals surface area contributed by atoms with Crippen LogP contribution in [0, 0.1) is 0 Å². The molecule has 1 aliphatic heterocycles. The van der Waals surface area contributed by atoms with Gasteiger partial charge in [0.05, 0.1) is 11.9 Å². The minimum atomic E-state index is -0.194. The molecule has 0 N–H and O–H groups in total. The van der Waals surface area contributed by atoms with Gasteiger partial charge in [-0.3, -0.25) is 9.59 Å². The van der Waals surface area contributed by atoms with Crippen molar-refractivity contribution in [3.63, 3.8) is 0 Å². The van der Waals surface area contributed by atoms with Gasteiger partial charge in [-0.05, 0) is 36.6 Å². The molecule has 0 fully saturated rings. The van der Waals surface area contributed by atoms with Crippen molar-refractivity contribution in [2.45, 2.75) is 25.9 Å². The van der Waals surface area contributed by atoms with E-state index in [1.165, 1.54) is 4.68 Å². The molecular formula is C25H21N3O2. The minimum Gasteiger partial charge on any atom is -0.304 e. The van der Waals surface area contributed by atoms with Crippen LogP contribution in [-0.2, 0) is 13.0 Å². The van der Waals surface area contributed by atoms with Gasteiger partial charge in [-0.2, -0.15) is 5.10 Å². The third-order valence-electron chi connectivity index (χ3n) is 5.67. The van der Waals surface area contributed by atoms with E-state index >= 15 is 0 Å². The third kappa shape index (κ3) is 2.99. The number of fused-ring (bicyclic) bond motifs is 2. The van der Waals surface area contributed by atoms with Gasteiger partial charge in [-0.1, -0.05) is 66.7 Å². The maximum atomic E-state index is 13.7. The van der Waals surface area contributed by atoms with Crippen molar-refractivity contribution >= 4 is 22.4 Å². The first-order valence-corrected chi connectivity index (χ1v) is 10.1. The minimum absolute atomic E-state index is 0.0324. The summed E-state index contributed by atoms with van der Waals surface area (Å²) in [7, 11) is 0.